The van der Waals surface area contributed by atoms with Gasteiger partial charge in [-0.15, -0.1) is 0 Å². The molecule has 4 N–H and O–H groups in total. The zero-order chi connectivity index (χ0) is 15.8. The fourth-order valence-electron chi connectivity index (χ4n) is 2.13. The molecule has 2 unspecified atom stereocenters. The molecular formula is C13H14N4O4. The van der Waals surface area contributed by atoms with Crippen LogP contribution < -0.4 is 11.5 Å². The van der Waals surface area contributed by atoms with E-state index in [-0.39, 0.29) is 11.4 Å². The van der Waals surface area contributed by atoms with Crippen LogP contribution in [0.5, 0.6) is 0 Å². The van der Waals surface area contributed by atoms with Gasteiger partial charge in [-0.1, -0.05) is 18.2 Å². The maximum absolute atomic E-state index is 11.1. The summed E-state index contributed by atoms with van der Waals surface area (Å²) in [5.74, 6) is 0. The van der Waals surface area contributed by atoms with E-state index >= 15 is 0 Å². The second-order valence-electron chi connectivity index (χ2n) is 5.08. The first-order valence-corrected chi connectivity index (χ1v) is 6.10. The molecule has 0 aliphatic heterocycles. The van der Waals surface area contributed by atoms with Crippen LogP contribution >= 0.6 is 0 Å². The van der Waals surface area contributed by atoms with Gasteiger partial charge in [0.05, 0.1) is 4.92 Å². The van der Waals surface area contributed by atoms with Crippen LogP contribution in [0.25, 0.3) is 5.57 Å². The van der Waals surface area contributed by atoms with Crippen molar-refractivity contribution in [3.8, 4) is 0 Å². The van der Waals surface area contributed by atoms with E-state index in [1.54, 1.807) is 19.1 Å². The Morgan fingerprint density at radius 1 is 1.29 bits per heavy atom. The molecule has 8 heteroatoms. The summed E-state index contributed by atoms with van der Waals surface area (Å²) in [5, 5.41) is 22.0. The standard InChI is InChI=1S/C13H14N4O4/c1-13(15)5-4-9(7-12(13)17(20)21)8-2-3-10(14)11(6-8)16(18)19/h2-7,12H,14-15H2,1H3. The minimum absolute atomic E-state index is 0.0404. The van der Waals surface area contributed by atoms with E-state index < -0.39 is 21.4 Å². The predicted octanol–water partition coefficient (Wildman–Crippen LogP) is 1.49. The highest BCUT2D eigenvalue weighted by Gasteiger charge is 2.38. The largest absolute Gasteiger partial charge is 0.393 e. The number of hydrogen-bond acceptors (Lipinski definition) is 6. The molecule has 0 heterocycles. The van der Waals surface area contributed by atoms with E-state index in [0.29, 0.717) is 11.1 Å². The number of allylic oxidation sites excluding steroid dienone is 2. The Labute approximate surface area is 120 Å². The number of nitrogens with zero attached hydrogens (tertiary/aromatic N) is 2. The normalized spacial score (nSPS) is 24.5. The summed E-state index contributed by atoms with van der Waals surface area (Å²) >= 11 is 0. The molecule has 0 aromatic heterocycles. The number of nitrogen functional groups attached to an aromatic ring is 1. The number of nitro groups is 2. The zero-order valence-corrected chi connectivity index (χ0v) is 11.2. The molecule has 0 bridgehead atoms. The smallest absolute Gasteiger partial charge is 0.292 e. The minimum atomic E-state index is -1.10. The molecule has 0 radical (unpaired) electrons. The van der Waals surface area contributed by atoms with Crippen molar-refractivity contribution in [1.29, 1.82) is 0 Å². The van der Waals surface area contributed by atoms with Gasteiger partial charge in [0.2, 0.25) is 0 Å². The maximum atomic E-state index is 11.1. The lowest BCUT2D eigenvalue weighted by Crippen LogP contribution is -2.50. The Bertz CT molecular complexity index is 679. The van der Waals surface area contributed by atoms with Gasteiger partial charge in [-0.05, 0) is 30.2 Å². The highest BCUT2D eigenvalue weighted by atomic mass is 16.6. The summed E-state index contributed by atoms with van der Waals surface area (Å²) < 4.78 is 0. The van der Waals surface area contributed by atoms with Gasteiger partial charge in [0.25, 0.3) is 11.7 Å². The van der Waals surface area contributed by atoms with Gasteiger partial charge in [-0.2, -0.15) is 0 Å². The quantitative estimate of drug-likeness (QED) is 0.491. The van der Waals surface area contributed by atoms with Crippen LogP contribution in [0.2, 0.25) is 0 Å². The molecule has 21 heavy (non-hydrogen) atoms. The minimum Gasteiger partial charge on any atom is -0.393 e. The monoisotopic (exact) mass is 290 g/mol. The van der Waals surface area contributed by atoms with Crippen molar-refractivity contribution in [1.82, 2.24) is 0 Å². The fourth-order valence-corrected chi connectivity index (χ4v) is 2.13. The Morgan fingerprint density at radius 2 is 1.95 bits per heavy atom. The average molecular weight is 290 g/mol. The summed E-state index contributed by atoms with van der Waals surface area (Å²) in [7, 11) is 0. The van der Waals surface area contributed by atoms with Gasteiger partial charge in [0, 0.05) is 11.0 Å². The topological polar surface area (TPSA) is 138 Å². The van der Waals surface area contributed by atoms with Gasteiger partial charge in [0.1, 0.15) is 11.2 Å². The number of rotatable bonds is 3. The van der Waals surface area contributed by atoms with Crippen LogP contribution in [-0.2, 0) is 0 Å². The van der Waals surface area contributed by atoms with Crippen molar-refractivity contribution in [2.24, 2.45) is 5.73 Å². The number of anilines is 1. The van der Waals surface area contributed by atoms with Crippen molar-refractivity contribution in [2.75, 3.05) is 5.73 Å². The Morgan fingerprint density at radius 3 is 2.52 bits per heavy atom. The zero-order valence-electron chi connectivity index (χ0n) is 11.2. The van der Waals surface area contributed by atoms with Crippen LogP contribution in [0.15, 0.2) is 36.4 Å². The fraction of sp³-hybridized carbons (Fsp3) is 0.231. The average Bonchev–Trinajstić information content (AvgIpc) is 2.38. The summed E-state index contributed by atoms with van der Waals surface area (Å²) in [6.07, 6.45) is 4.54. The van der Waals surface area contributed by atoms with Gasteiger partial charge < -0.3 is 11.5 Å². The molecule has 8 nitrogen and oxygen atoms in total. The van der Waals surface area contributed by atoms with Crippen molar-refractivity contribution >= 4 is 16.9 Å². The predicted molar refractivity (Wildman–Crippen MR) is 78.0 cm³/mol. The molecule has 1 aromatic carbocycles. The molecule has 1 aliphatic rings. The van der Waals surface area contributed by atoms with E-state index in [9.17, 15) is 20.2 Å². The van der Waals surface area contributed by atoms with E-state index in [1.165, 1.54) is 24.3 Å². The molecule has 0 fully saturated rings. The van der Waals surface area contributed by atoms with Crippen molar-refractivity contribution < 1.29 is 9.85 Å². The molecule has 110 valence electrons. The Balaban J connectivity index is 2.48. The molecule has 0 saturated carbocycles. The van der Waals surface area contributed by atoms with Gasteiger partial charge >= 0.3 is 0 Å². The first kappa shape index (κ1) is 14.7. The van der Waals surface area contributed by atoms with Crippen molar-refractivity contribution in [2.45, 2.75) is 18.5 Å². The van der Waals surface area contributed by atoms with Gasteiger partial charge in [-0.3, -0.25) is 20.2 Å². The summed E-state index contributed by atoms with van der Waals surface area (Å²) in [5.41, 5.74) is 11.1. The lowest BCUT2D eigenvalue weighted by Gasteiger charge is -2.26. The van der Waals surface area contributed by atoms with Crippen LogP contribution in [0.3, 0.4) is 0 Å². The second-order valence-corrected chi connectivity index (χ2v) is 5.08. The van der Waals surface area contributed by atoms with E-state index in [1.807, 2.05) is 0 Å². The van der Waals surface area contributed by atoms with Crippen LogP contribution in [-0.4, -0.2) is 21.4 Å². The third-order valence-corrected chi connectivity index (χ3v) is 3.38. The van der Waals surface area contributed by atoms with Crippen LogP contribution in [0.1, 0.15) is 12.5 Å². The van der Waals surface area contributed by atoms with E-state index in [4.69, 9.17) is 11.5 Å². The first-order valence-electron chi connectivity index (χ1n) is 6.10. The molecule has 2 atom stereocenters. The number of benzene rings is 1. The summed E-state index contributed by atoms with van der Waals surface area (Å²) in [6.45, 7) is 1.55. The lowest BCUT2D eigenvalue weighted by atomic mass is 9.85. The molecule has 0 amide bonds. The maximum Gasteiger partial charge on any atom is 0.292 e. The van der Waals surface area contributed by atoms with Gasteiger partial charge in [0.15, 0.2) is 0 Å². The van der Waals surface area contributed by atoms with Crippen molar-refractivity contribution in [3.05, 3.63) is 62.2 Å². The molecule has 0 saturated heterocycles. The number of nitro benzene ring substituents is 1. The van der Waals surface area contributed by atoms with Gasteiger partial charge in [-0.25, -0.2) is 0 Å². The van der Waals surface area contributed by atoms with E-state index in [0.717, 1.165) is 0 Å². The first-order chi connectivity index (χ1) is 9.72. The van der Waals surface area contributed by atoms with Crippen molar-refractivity contribution in [3.63, 3.8) is 0 Å². The molecular weight excluding hydrogens is 276 g/mol. The number of hydrogen-bond donors (Lipinski definition) is 2. The molecule has 2 rings (SSSR count). The third kappa shape index (κ3) is 2.75. The lowest BCUT2D eigenvalue weighted by molar-refractivity contribution is -0.516. The van der Waals surface area contributed by atoms with E-state index in [2.05, 4.69) is 0 Å². The van der Waals surface area contributed by atoms with Crippen LogP contribution in [0, 0.1) is 20.2 Å². The second kappa shape index (κ2) is 4.98. The van der Waals surface area contributed by atoms with Crippen LogP contribution in [0.4, 0.5) is 11.4 Å². The highest BCUT2D eigenvalue weighted by molar-refractivity contribution is 5.79. The summed E-state index contributed by atoms with van der Waals surface area (Å²) in [6, 6.07) is 3.17. The highest BCUT2D eigenvalue weighted by Crippen LogP contribution is 2.31. The number of nitrogens with two attached hydrogens (primary N) is 2. The Hall–Kier alpha value is -2.74. The molecule has 0 spiro atoms. The third-order valence-electron chi connectivity index (χ3n) is 3.38. The Kier molecular flexibility index (Phi) is 3.48. The molecule has 1 aromatic rings. The summed E-state index contributed by atoms with van der Waals surface area (Å²) in [4.78, 5) is 20.9. The SMILES string of the molecule is CC1(N)C=CC(c2ccc(N)c([N+](=O)[O-])c2)=CC1[N+](=O)[O-]. The molecule has 1 aliphatic carbocycles.